The van der Waals surface area contributed by atoms with Crippen molar-refractivity contribution in [3.05, 3.63) is 43.8 Å². The highest BCUT2D eigenvalue weighted by Gasteiger charge is 2.11. The highest BCUT2D eigenvalue weighted by atomic mass is 127. The van der Waals surface area contributed by atoms with Crippen LogP contribution in [-0.2, 0) is 0 Å². The summed E-state index contributed by atoms with van der Waals surface area (Å²) in [7, 11) is 0. The van der Waals surface area contributed by atoms with E-state index >= 15 is 0 Å². The second kappa shape index (κ2) is 6.17. The molecule has 0 spiro atoms. The number of carbonyl (C=O) groups is 1. The lowest BCUT2D eigenvalue weighted by Gasteiger charge is -2.01. The van der Waals surface area contributed by atoms with Gasteiger partial charge in [-0.2, -0.15) is 0 Å². The first-order valence-electron chi connectivity index (χ1n) is 5.70. The van der Waals surface area contributed by atoms with Crippen LogP contribution in [0.1, 0.15) is 29.4 Å². The Morgan fingerprint density at radius 2 is 2.11 bits per heavy atom. The summed E-state index contributed by atoms with van der Waals surface area (Å²) in [5, 5.41) is 0.734. The molecule has 0 saturated carbocycles. The number of Topliss-reactive ketones (excluding diaryl/α,β-unsaturated/α-hetero) is 1. The van der Waals surface area contributed by atoms with Crippen molar-refractivity contribution < 1.29 is 4.79 Å². The number of thiophene rings is 1. The van der Waals surface area contributed by atoms with E-state index in [4.69, 9.17) is 11.6 Å². The number of rotatable bonds is 4. The molecule has 0 radical (unpaired) electrons. The smallest absolute Gasteiger partial charge is 0.172 e. The lowest BCUT2D eigenvalue weighted by Crippen LogP contribution is -1.93. The van der Waals surface area contributed by atoms with Crippen molar-refractivity contribution in [1.82, 2.24) is 0 Å². The normalized spacial score (nSPS) is 10.6. The van der Waals surface area contributed by atoms with E-state index < -0.39 is 0 Å². The number of ketones is 1. The summed E-state index contributed by atoms with van der Waals surface area (Å²) in [5.41, 5.74) is 0.998. The number of carbonyl (C=O) groups excluding carboxylic acids is 1. The third-order valence-corrected chi connectivity index (χ3v) is 4.70. The molecule has 2 rings (SSSR count). The van der Waals surface area contributed by atoms with E-state index in [0.717, 1.165) is 30.3 Å². The quantitative estimate of drug-likeness (QED) is 0.486. The predicted molar refractivity (Wildman–Crippen MR) is 86.7 cm³/mol. The highest BCUT2D eigenvalue weighted by molar-refractivity contribution is 14.1. The van der Waals surface area contributed by atoms with E-state index in [0.29, 0.717) is 6.42 Å². The van der Waals surface area contributed by atoms with Gasteiger partial charge >= 0.3 is 0 Å². The minimum Gasteiger partial charge on any atom is -0.293 e. The summed E-state index contributed by atoms with van der Waals surface area (Å²) in [6.45, 7) is 2.02. The molecule has 94 valence electrons. The lowest BCUT2D eigenvalue weighted by atomic mass is 10.2. The van der Waals surface area contributed by atoms with Gasteiger partial charge in [-0.15, -0.1) is 11.3 Å². The van der Waals surface area contributed by atoms with Crippen LogP contribution in [0, 0.1) is 3.57 Å². The Bertz CT molecular complexity index is 577. The lowest BCUT2D eigenvalue weighted by molar-refractivity contribution is 0.0985. The zero-order valence-electron chi connectivity index (χ0n) is 9.87. The molecule has 0 atom stereocenters. The maximum absolute atomic E-state index is 11.8. The summed E-state index contributed by atoms with van der Waals surface area (Å²) in [4.78, 5) is 13.7. The second-order valence-corrected chi connectivity index (χ2v) is 6.70. The number of benzene rings is 1. The maximum Gasteiger partial charge on any atom is 0.172 e. The zero-order valence-corrected chi connectivity index (χ0v) is 13.6. The molecule has 18 heavy (non-hydrogen) atoms. The van der Waals surface area contributed by atoms with Gasteiger partial charge in [0.25, 0.3) is 0 Å². The summed E-state index contributed by atoms with van der Waals surface area (Å²) in [5.74, 6) is 0.218. The number of halogens is 2. The summed E-state index contributed by atoms with van der Waals surface area (Å²) < 4.78 is 1.11. The Kier molecular flexibility index (Phi) is 4.81. The molecule has 1 aromatic heterocycles. The van der Waals surface area contributed by atoms with E-state index in [2.05, 4.69) is 22.6 Å². The third kappa shape index (κ3) is 3.13. The highest BCUT2D eigenvalue weighted by Crippen LogP contribution is 2.34. The first-order valence-corrected chi connectivity index (χ1v) is 7.97. The Hall–Kier alpha value is -0.390. The average Bonchev–Trinajstić information content (AvgIpc) is 2.78. The molecule has 1 heterocycles. The van der Waals surface area contributed by atoms with Gasteiger partial charge in [-0.05, 0) is 53.3 Å². The second-order valence-electron chi connectivity index (χ2n) is 3.96. The molecule has 0 fully saturated rings. The average molecular weight is 391 g/mol. The summed E-state index contributed by atoms with van der Waals surface area (Å²) >= 11 is 9.98. The van der Waals surface area contributed by atoms with Crippen LogP contribution in [0.3, 0.4) is 0 Å². The molecule has 4 heteroatoms. The summed E-state index contributed by atoms with van der Waals surface area (Å²) in [6, 6.07) is 9.83. The van der Waals surface area contributed by atoms with Gasteiger partial charge in [0.2, 0.25) is 0 Å². The standard InChI is InChI=1S/C14H12ClIOS/c1-2-3-12(17)14-7-6-13(18-14)10-5-4-9(16)8-11(10)15/h4-8H,2-3H2,1H3. The zero-order chi connectivity index (χ0) is 13.1. The molecule has 2 aromatic rings. The Morgan fingerprint density at radius 3 is 2.78 bits per heavy atom. The van der Waals surface area contributed by atoms with Crippen molar-refractivity contribution >= 4 is 51.3 Å². The predicted octanol–water partition coefficient (Wildman–Crippen LogP) is 5.66. The van der Waals surface area contributed by atoms with E-state index in [1.807, 2.05) is 37.3 Å². The fourth-order valence-electron chi connectivity index (χ4n) is 1.67. The van der Waals surface area contributed by atoms with Crippen LogP contribution in [0.15, 0.2) is 30.3 Å². The van der Waals surface area contributed by atoms with Crippen LogP contribution < -0.4 is 0 Å². The van der Waals surface area contributed by atoms with E-state index in [1.165, 1.54) is 11.3 Å². The summed E-state index contributed by atoms with van der Waals surface area (Å²) in [6.07, 6.45) is 1.50. The van der Waals surface area contributed by atoms with Crippen LogP contribution in [0.2, 0.25) is 5.02 Å². The van der Waals surface area contributed by atoms with Gasteiger partial charge < -0.3 is 0 Å². The molecule has 0 aliphatic carbocycles. The molecule has 1 aromatic carbocycles. The van der Waals surface area contributed by atoms with E-state index in [1.54, 1.807) is 0 Å². The SMILES string of the molecule is CCCC(=O)c1ccc(-c2ccc(I)cc2Cl)s1. The van der Waals surface area contributed by atoms with Gasteiger partial charge in [-0.25, -0.2) is 0 Å². The molecule has 0 N–H and O–H groups in total. The molecule has 0 bridgehead atoms. The van der Waals surface area contributed by atoms with Gasteiger partial charge in [0.15, 0.2) is 5.78 Å². The molecule has 0 aliphatic heterocycles. The van der Waals surface area contributed by atoms with Gasteiger partial charge in [0.05, 0.1) is 9.90 Å². The largest absolute Gasteiger partial charge is 0.293 e. The number of hydrogen-bond donors (Lipinski definition) is 0. The fraction of sp³-hybridized carbons (Fsp3) is 0.214. The van der Waals surface area contributed by atoms with Gasteiger partial charge in [-0.1, -0.05) is 24.6 Å². The number of hydrogen-bond acceptors (Lipinski definition) is 2. The monoisotopic (exact) mass is 390 g/mol. The van der Waals surface area contributed by atoms with Crippen molar-refractivity contribution in [3.8, 4) is 10.4 Å². The van der Waals surface area contributed by atoms with Gasteiger partial charge in [0, 0.05) is 20.4 Å². The minimum atomic E-state index is 0.218. The van der Waals surface area contributed by atoms with E-state index in [9.17, 15) is 4.79 Å². The topological polar surface area (TPSA) is 17.1 Å². The van der Waals surface area contributed by atoms with Crippen molar-refractivity contribution in [3.63, 3.8) is 0 Å². The molecular weight excluding hydrogens is 379 g/mol. The van der Waals surface area contributed by atoms with Crippen LogP contribution in [0.4, 0.5) is 0 Å². The van der Waals surface area contributed by atoms with Gasteiger partial charge in [-0.3, -0.25) is 4.79 Å². The van der Waals surface area contributed by atoms with Crippen LogP contribution in [0.5, 0.6) is 0 Å². The molecule has 1 nitrogen and oxygen atoms in total. The van der Waals surface area contributed by atoms with E-state index in [-0.39, 0.29) is 5.78 Å². The van der Waals surface area contributed by atoms with Gasteiger partial charge in [0.1, 0.15) is 0 Å². The Morgan fingerprint density at radius 1 is 1.33 bits per heavy atom. The molecular formula is C14H12ClIOS. The van der Waals surface area contributed by atoms with Crippen molar-refractivity contribution in [2.45, 2.75) is 19.8 Å². The maximum atomic E-state index is 11.8. The fourth-order valence-corrected chi connectivity index (χ4v) is 3.70. The molecule has 0 aliphatic rings. The first kappa shape index (κ1) is 14.0. The molecule has 0 saturated heterocycles. The van der Waals surface area contributed by atoms with Crippen molar-refractivity contribution in [1.29, 1.82) is 0 Å². The van der Waals surface area contributed by atoms with Crippen molar-refractivity contribution in [2.75, 3.05) is 0 Å². The Labute approximate surface area is 129 Å². The molecule has 0 unspecified atom stereocenters. The Balaban J connectivity index is 2.32. The van der Waals surface area contributed by atoms with Crippen LogP contribution >= 0.6 is 45.5 Å². The third-order valence-electron chi connectivity index (χ3n) is 2.55. The van der Waals surface area contributed by atoms with Crippen molar-refractivity contribution in [2.24, 2.45) is 0 Å². The first-order chi connectivity index (χ1) is 8.61. The minimum absolute atomic E-state index is 0.218. The van der Waals surface area contributed by atoms with Crippen LogP contribution in [0.25, 0.3) is 10.4 Å². The van der Waals surface area contributed by atoms with Crippen LogP contribution in [-0.4, -0.2) is 5.78 Å². The molecule has 0 amide bonds.